The van der Waals surface area contributed by atoms with Crippen LogP contribution < -0.4 is 4.31 Å². The predicted molar refractivity (Wildman–Crippen MR) is 64.3 cm³/mol. The highest BCUT2D eigenvalue weighted by Gasteiger charge is 2.25. The van der Waals surface area contributed by atoms with E-state index in [1.54, 1.807) is 0 Å². The van der Waals surface area contributed by atoms with Crippen molar-refractivity contribution in [3.8, 4) is 0 Å². The monoisotopic (exact) mass is 286 g/mol. The number of halogens is 2. The maximum Gasteiger partial charge on any atom is 0.364 e. The van der Waals surface area contributed by atoms with Gasteiger partial charge < -0.3 is 0 Å². The molecule has 5 nitrogen and oxygen atoms in total. The second-order valence-corrected chi connectivity index (χ2v) is 4.81. The van der Waals surface area contributed by atoms with E-state index in [0.29, 0.717) is 10.4 Å². The molecule has 1 aromatic carbocycles. The fourth-order valence-electron chi connectivity index (χ4n) is 1.52. The van der Waals surface area contributed by atoms with Crippen molar-refractivity contribution in [2.45, 2.75) is 0 Å². The van der Waals surface area contributed by atoms with Crippen molar-refractivity contribution in [1.29, 1.82) is 0 Å². The molecule has 0 saturated carbocycles. The van der Waals surface area contributed by atoms with Gasteiger partial charge >= 0.3 is 10.3 Å². The lowest BCUT2D eigenvalue weighted by Gasteiger charge is -2.20. The molecule has 0 radical (unpaired) electrons. The van der Waals surface area contributed by atoms with Gasteiger partial charge in [-0.3, -0.25) is 9.54 Å². The Morgan fingerprint density at radius 2 is 1.95 bits per heavy atom. The van der Waals surface area contributed by atoms with Gasteiger partial charge in [-0.05, 0) is 24.3 Å². The third-order valence-corrected chi connectivity index (χ3v) is 3.11. The Morgan fingerprint density at radius 3 is 2.47 bits per heavy atom. The summed E-state index contributed by atoms with van der Waals surface area (Å²) in [6.45, 7) is 0. The summed E-state index contributed by atoms with van der Waals surface area (Å²) in [7, 11) is -4.78. The smallest absolute Gasteiger partial charge is 0.269 e. The Labute approximate surface area is 108 Å². The second-order valence-electron chi connectivity index (χ2n) is 3.55. The Kier molecular flexibility index (Phi) is 3.45. The maximum absolute atomic E-state index is 13.6. The highest BCUT2D eigenvalue weighted by Crippen LogP contribution is 2.30. The lowest BCUT2D eigenvalue weighted by Crippen LogP contribution is -2.26. The number of hydrogen-bond donors (Lipinski definition) is 1. The Balaban J connectivity index is 2.63. The van der Waals surface area contributed by atoms with Crippen LogP contribution in [-0.2, 0) is 10.3 Å². The normalized spacial score (nSPS) is 11.3. The van der Waals surface area contributed by atoms with E-state index in [4.69, 9.17) is 0 Å². The average molecular weight is 286 g/mol. The van der Waals surface area contributed by atoms with Crippen LogP contribution in [0.25, 0.3) is 0 Å². The molecular formula is C11H8F2N2O3S. The van der Waals surface area contributed by atoms with Crippen LogP contribution in [0.5, 0.6) is 0 Å². The number of rotatable bonds is 3. The standard InChI is InChI=1S/C11H8F2N2O3S/c12-8-3-4-11(10(13)6-8)15(19(16,17)18)9-2-1-5-14-7-9/h1-7H,(H,16,17,18). The fourth-order valence-corrected chi connectivity index (χ4v) is 2.29. The second kappa shape index (κ2) is 4.90. The molecule has 1 aromatic heterocycles. The first-order valence-electron chi connectivity index (χ1n) is 5.02. The Bertz CT molecular complexity index is 692. The van der Waals surface area contributed by atoms with Crippen molar-refractivity contribution in [3.63, 3.8) is 0 Å². The molecule has 19 heavy (non-hydrogen) atoms. The first-order chi connectivity index (χ1) is 8.89. The Hall–Kier alpha value is -2.06. The molecule has 0 aliphatic heterocycles. The summed E-state index contributed by atoms with van der Waals surface area (Å²) in [5, 5.41) is 0. The quantitative estimate of drug-likeness (QED) is 0.879. The highest BCUT2D eigenvalue weighted by atomic mass is 32.2. The molecule has 0 atom stereocenters. The average Bonchev–Trinajstić information content (AvgIpc) is 2.32. The van der Waals surface area contributed by atoms with E-state index < -0.39 is 27.6 Å². The van der Waals surface area contributed by atoms with E-state index in [9.17, 15) is 21.8 Å². The number of anilines is 2. The van der Waals surface area contributed by atoms with Crippen molar-refractivity contribution < 1.29 is 21.8 Å². The van der Waals surface area contributed by atoms with Crippen LogP contribution in [0.15, 0.2) is 42.7 Å². The van der Waals surface area contributed by atoms with Crippen molar-refractivity contribution in [3.05, 3.63) is 54.4 Å². The third-order valence-electron chi connectivity index (χ3n) is 2.24. The lowest BCUT2D eigenvalue weighted by molar-refractivity contribution is 0.482. The topological polar surface area (TPSA) is 70.5 Å². The molecule has 1 N–H and O–H groups in total. The van der Waals surface area contributed by atoms with Crippen molar-refractivity contribution in [1.82, 2.24) is 4.98 Å². The summed E-state index contributed by atoms with van der Waals surface area (Å²) < 4.78 is 58.7. The first-order valence-corrected chi connectivity index (χ1v) is 6.42. The summed E-state index contributed by atoms with van der Waals surface area (Å²) in [4.78, 5) is 3.68. The fraction of sp³-hybridized carbons (Fsp3) is 0. The summed E-state index contributed by atoms with van der Waals surface area (Å²) in [6.07, 6.45) is 2.50. The first kappa shape index (κ1) is 13.4. The van der Waals surface area contributed by atoms with Crippen LogP contribution in [-0.4, -0.2) is 18.0 Å². The molecule has 0 saturated heterocycles. The van der Waals surface area contributed by atoms with E-state index in [1.165, 1.54) is 18.3 Å². The van der Waals surface area contributed by atoms with Crippen molar-refractivity contribution in [2.24, 2.45) is 0 Å². The predicted octanol–water partition coefficient (Wildman–Crippen LogP) is 2.30. The van der Waals surface area contributed by atoms with E-state index in [1.807, 2.05) is 0 Å². The number of nitrogens with zero attached hydrogens (tertiary/aromatic N) is 2. The van der Waals surface area contributed by atoms with Crippen LogP contribution in [0, 0.1) is 11.6 Å². The summed E-state index contributed by atoms with van der Waals surface area (Å²) in [6, 6.07) is 5.03. The van der Waals surface area contributed by atoms with E-state index >= 15 is 0 Å². The van der Waals surface area contributed by atoms with Gasteiger partial charge in [0, 0.05) is 12.3 Å². The minimum Gasteiger partial charge on any atom is -0.269 e. The van der Waals surface area contributed by atoms with Crippen LogP contribution in [0.1, 0.15) is 0 Å². The van der Waals surface area contributed by atoms with Crippen molar-refractivity contribution in [2.75, 3.05) is 4.31 Å². The van der Waals surface area contributed by atoms with Gasteiger partial charge in [-0.25, -0.2) is 13.1 Å². The summed E-state index contributed by atoms with van der Waals surface area (Å²) >= 11 is 0. The molecule has 0 spiro atoms. The lowest BCUT2D eigenvalue weighted by atomic mass is 10.3. The molecular weight excluding hydrogens is 278 g/mol. The molecule has 0 aliphatic rings. The van der Waals surface area contributed by atoms with Gasteiger partial charge in [0.05, 0.1) is 17.6 Å². The Morgan fingerprint density at radius 1 is 1.21 bits per heavy atom. The highest BCUT2D eigenvalue weighted by molar-refractivity contribution is 7.87. The molecule has 0 amide bonds. The largest absolute Gasteiger partial charge is 0.364 e. The molecule has 0 fully saturated rings. The van der Waals surface area contributed by atoms with Crippen LogP contribution in [0.2, 0.25) is 0 Å². The van der Waals surface area contributed by atoms with Gasteiger partial charge in [-0.1, -0.05) is 0 Å². The zero-order valence-electron chi connectivity index (χ0n) is 9.36. The molecule has 0 unspecified atom stereocenters. The van der Waals surface area contributed by atoms with Gasteiger partial charge in [0.25, 0.3) is 0 Å². The molecule has 0 bridgehead atoms. The number of pyridine rings is 1. The number of aromatic nitrogens is 1. The summed E-state index contributed by atoms with van der Waals surface area (Å²) in [5.41, 5.74) is -0.576. The van der Waals surface area contributed by atoms with Gasteiger partial charge in [-0.15, -0.1) is 0 Å². The maximum atomic E-state index is 13.6. The van der Waals surface area contributed by atoms with Gasteiger partial charge in [0.2, 0.25) is 0 Å². The van der Waals surface area contributed by atoms with Crippen molar-refractivity contribution >= 4 is 21.7 Å². The molecule has 1 heterocycles. The zero-order chi connectivity index (χ0) is 14.0. The van der Waals surface area contributed by atoms with Crippen LogP contribution >= 0.6 is 0 Å². The molecule has 8 heteroatoms. The van der Waals surface area contributed by atoms with Gasteiger partial charge in [0.1, 0.15) is 5.82 Å². The third kappa shape index (κ3) is 2.85. The molecule has 2 aromatic rings. The van der Waals surface area contributed by atoms with Crippen LogP contribution in [0.3, 0.4) is 0 Å². The molecule has 2 rings (SSSR count). The zero-order valence-corrected chi connectivity index (χ0v) is 10.2. The van der Waals surface area contributed by atoms with Gasteiger partial charge in [-0.2, -0.15) is 8.42 Å². The van der Waals surface area contributed by atoms with Crippen LogP contribution in [0.4, 0.5) is 20.2 Å². The number of benzene rings is 1. The molecule has 0 aliphatic carbocycles. The van der Waals surface area contributed by atoms with E-state index in [2.05, 4.69) is 4.98 Å². The van der Waals surface area contributed by atoms with Gasteiger partial charge in [0.15, 0.2) is 5.82 Å². The minimum absolute atomic E-state index is 0.0736. The SMILES string of the molecule is O=S(=O)(O)N(c1cccnc1)c1ccc(F)cc1F. The number of hydrogen-bond acceptors (Lipinski definition) is 3. The minimum atomic E-state index is -4.78. The van der Waals surface area contributed by atoms with E-state index in [-0.39, 0.29) is 5.69 Å². The van der Waals surface area contributed by atoms with E-state index in [0.717, 1.165) is 18.3 Å². The molecule has 100 valence electrons. The summed E-state index contributed by atoms with van der Waals surface area (Å²) in [5.74, 6) is -1.98.